The van der Waals surface area contributed by atoms with Crippen molar-refractivity contribution in [3.63, 3.8) is 0 Å². The zero-order valence-corrected chi connectivity index (χ0v) is 10.9. The third-order valence-corrected chi connectivity index (χ3v) is 4.06. The van der Waals surface area contributed by atoms with Gasteiger partial charge >= 0.3 is 0 Å². The predicted octanol–water partition coefficient (Wildman–Crippen LogP) is 2.14. The molecule has 3 nitrogen and oxygen atoms in total. The molecule has 90 valence electrons. The lowest BCUT2D eigenvalue weighted by Gasteiger charge is -2.23. The van der Waals surface area contributed by atoms with Crippen LogP contribution in [0.25, 0.3) is 0 Å². The van der Waals surface area contributed by atoms with E-state index < -0.39 is 0 Å². The Morgan fingerprint density at radius 1 is 1.56 bits per heavy atom. The van der Waals surface area contributed by atoms with Crippen LogP contribution in [0.5, 0.6) is 0 Å². The van der Waals surface area contributed by atoms with Gasteiger partial charge in [0.15, 0.2) is 0 Å². The maximum atomic E-state index is 4.52. The molecule has 0 saturated heterocycles. The van der Waals surface area contributed by atoms with Gasteiger partial charge in [-0.2, -0.15) is 5.10 Å². The molecule has 16 heavy (non-hydrogen) atoms. The number of nitrogens with zero attached hydrogens (tertiary/aromatic N) is 2. The first kappa shape index (κ1) is 11.6. The van der Waals surface area contributed by atoms with Gasteiger partial charge in [0.25, 0.3) is 0 Å². The molecule has 0 bridgehead atoms. The second-order valence-corrected chi connectivity index (χ2v) is 5.14. The molecular weight excluding hydrogens is 198 g/mol. The minimum atomic E-state index is 0.494. The third kappa shape index (κ3) is 2.01. The van der Waals surface area contributed by atoms with Crippen molar-refractivity contribution in [3.8, 4) is 0 Å². The van der Waals surface area contributed by atoms with Gasteiger partial charge in [-0.1, -0.05) is 0 Å². The molecule has 1 aromatic rings. The lowest BCUT2D eigenvalue weighted by molar-refractivity contribution is 0.359. The summed E-state index contributed by atoms with van der Waals surface area (Å²) in [5.41, 5.74) is 3.04. The molecule has 1 atom stereocenters. The van der Waals surface area contributed by atoms with Crippen LogP contribution in [-0.4, -0.2) is 22.9 Å². The molecule has 1 unspecified atom stereocenters. The Morgan fingerprint density at radius 3 is 2.75 bits per heavy atom. The summed E-state index contributed by atoms with van der Waals surface area (Å²) in [6.07, 6.45) is 3.87. The number of hydrogen-bond donors (Lipinski definition) is 1. The highest BCUT2D eigenvalue weighted by molar-refractivity contribution is 5.15. The Kier molecular flexibility index (Phi) is 3.06. The normalized spacial score (nSPS) is 19.8. The van der Waals surface area contributed by atoms with E-state index in [1.54, 1.807) is 0 Å². The predicted molar refractivity (Wildman–Crippen MR) is 66.5 cm³/mol. The van der Waals surface area contributed by atoms with E-state index in [1.807, 2.05) is 0 Å². The summed E-state index contributed by atoms with van der Waals surface area (Å²) in [6.45, 7) is 7.52. The van der Waals surface area contributed by atoms with Crippen molar-refractivity contribution in [1.29, 1.82) is 0 Å². The van der Waals surface area contributed by atoms with E-state index in [4.69, 9.17) is 0 Å². The Hall–Kier alpha value is -0.830. The summed E-state index contributed by atoms with van der Waals surface area (Å²) in [4.78, 5) is 0. The zero-order chi connectivity index (χ0) is 11.8. The third-order valence-electron chi connectivity index (χ3n) is 4.06. The second-order valence-electron chi connectivity index (χ2n) is 5.14. The maximum Gasteiger partial charge on any atom is 0.0596 e. The van der Waals surface area contributed by atoms with Crippen LogP contribution < -0.4 is 5.32 Å². The molecule has 0 radical (unpaired) electrons. The standard InChI is InChI=1S/C13H23N3/c1-5-16-12(8-10(2)15-16)9-13(6-7-13)11(3)14-4/h8,11,14H,5-7,9H2,1-4H3. The quantitative estimate of drug-likeness (QED) is 0.825. The first-order valence-corrected chi connectivity index (χ1v) is 6.32. The highest BCUT2D eigenvalue weighted by Gasteiger charge is 2.47. The van der Waals surface area contributed by atoms with Crippen molar-refractivity contribution in [3.05, 3.63) is 17.5 Å². The molecule has 2 rings (SSSR count). The number of aromatic nitrogens is 2. The molecule has 1 fully saturated rings. The van der Waals surface area contributed by atoms with Crippen LogP contribution in [0.1, 0.15) is 38.1 Å². The van der Waals surface area contributed by atoms with Gasteiger partial charge in [-0.3, -0.25) is 4.68 Å². The summed E-state index contributed by atoms with van der Waals surface area (Å²) in [6, 6.07) is 2.85. The van der Waals surface area contributed by atoms with Crippen LogP contribution in [0, 0.1) is 12.3 Å². The first-order valence-electron chi connectivity index (χ1n) is 6.32. The van der Waals surface area contributed by atoms with Gasteiger partial charge in [0, 0.05) is 18.3 Å². The lowest BCUT2D eigenvalue weighted by Crippen LogP contribution is -2.33. The minimum absolute atomic E-state index is 0.494. The Bertz CT molecular complexity index is 363. The van der Waals surface area contributed by atoms with Crippen molar-refractivity contribution >= 4 is 0 Å². The van der Waals surface area contributed by atoms with Crippen LogP contribution in [0.3, 0.4) is 0 Å². The fourth-order valence-electron chi connectivity index (χ4n) is 2.61. The Balaban J connectivity index is 2.14. The van der Waals surface area contributed by atoms with E-state index in [0.29, 0.717) is 11.5 Å². The summed E-state index contributed by atoms with van der Waals surface area (Å²) < 4.78 is 2.15. The van der Waals surface area contributed by atoms with Crippen LogP contribution in [0.4, 0.5) is 0 Å². The number of rotatable bonds is 5. The van der Waals surface area contributed by atoms with E-state index in [-0.39, 0.29) is 0 Å². The fourth-order valence-corrected chi connectivity index (χ4v) is 2.61. The van der Waals surface area contributed by atoms with Gasteiger partial charge in [-0.25, -0.2) is 0 Å². The van der Waals surface area contributed by atoms with Crippen LogP contribution in [-0.2, 0) is 13.0 Å². The number of hydrogen-bond acceptors (Lipinski definition) is 2. The van der Waals surface area contributed by atoms with Crippen molar-refractivity contribution in [2.75, 3.05) is 7.05 Å². The molecule has 0 amide bonds. The SMILES string of the molecule is CCn1nc(C)cc1CC1(C(C)NC)CC1. The fraction of sp³-hybridized carbons (Fsp3) is 0.769. The van der Waals surface area contributed by atoms with E-state index in [0.717, 1.165) is 12.2 Å². The molecule has 3 heteroatoms. The van der Waals surface area contributed by atoms with Gasteiger partial charge in [-0.15, -0.1) is 0 Å². The monoisotopic (exact) mass is 221 g/mol. The molecule has 0 spiro atoms. The lowest BCUT2D eigenvalue weighted by atomic mass is 9.92. The summed E-state index contributed by atoms with van der Waals surface area (Å²) in [7, 11) is 2.06. The highest BCUT2D eigenvalue weighted by atomic mass is 15.3. The smallest absolute Gasteiger partial charge is 0.0596 e. The van der Waals surface area contributed by atoms with Gasteiger partial charge in [0.2, 0.25) is 0 Å². The molecule has 1 heterocycles. The van der Waals surface area contributed by atoms with E-state index >= 15 is 0 Å². The number of nitrogens with one attached hydrogen (secondary N) is 1. The molecule has 1 aromatic heterocycles. The topological polar surface area (TPSA) is 29.9 Å². The molecule has 0 aromatic carbocycles. The molecule has 0 aliphatic heterocycles. The van der Waals surface area contributed by atoms with Crippen molar-refractivity contribution in [2.24, 2.45) is 5.41 Å². The molecular formula is C13H23N3. The maximum absolute atomic E-state index is 4.52. The zero-order valence-electron chi connectivity index (χ0n) is 10.9. The average Bonchev–Trinajstić information content (AvgIpc) is 2.96. The molecule has 1 N–H and O–H groups in total. The molecule has 1 aliphatic carbocycles. The van der Waals surface area contributed by atoms with E-state index in [9.17, 15) is 0 Å². The van der Waals surface area contributed by atoms with Crippen LogP contribution >= 0.6 is 0 Å². The van der Waals surface area contributed by atoms with Crippen LogP contribution in [0.15, 0.2) is 6.07 Å². The van der Waals surface area contributed by atoms with E-state index in [2.05, 4.69) is 49.0 Å². The summed E-state index contributed by atoms with van der Waals surface area (Å²) >= 11 is 0. The van der Waals surface area contributed by atoms with Crippen molar-refractivity contribution in [2.45, 2.75) is 52.6 Å². The van der Waals surface area contributed by atoms with Crippen molar-refractivity contribution in [1.82, 2.24) is 15.1 Å². The largest absolute Gasteiger partial charge is 0.317 e. The first-order chi connectivity index (χ1) is 7.61. The minimum Gasteiger partial charge on any atom is -0.317 e. The van der Waals surface area contributed by atoms with Gasteiger partial charge in [-0.05, 0) is 58.6 Å². The average molecular weight is 221 g/mol. The summed E-state index contributed by atoms with van der Waals surface area (Å²) in [5, 5.41) is 7.93. The van der Waals surface area contributed by atoms with Crippen molar-refractivity contribution < 1.29 is 0 Å². The molecule has 1 aliphatic rings. The highest BCUT2D eigenvalue weighted by Crippen LogP contribution is 2.51. The second kappa shape index (κ2) is 4.21. The Morgan fingerprint density at radius 2 is 2.25 bits per heavy atom. The Labute approximate surface area is 98.2 Å². The number of aryl methyl sites for hydroxylation is 2. The molecule has 1 saturated carbocycles. The van der Waals surface area contributed by atoms with Gasteiger partial charge in [0.1, 0.15) is 0 Å². The van der Waals surface area contributed by atoms with Gasteiger partial charge in [0.05, 0.1) is 5.69 Å². The summed E-state index contributed by atoms with van der Waals surface area (Å²) in [5.74, 6) is 0. The van der Waals surface area contributed by atoms with Crippen LogP contribution in [0.2, 0.25) is 0 Å². The van der Waals surface area contributed by atoms with Gasteiger partial charge < -0.3 is 5.32 Å². The van der Waals surface area contributed by atoms with E-state index in [1.165, 1.54) is 25.0 Å².